The summed E-state index contributed by atoms with van der Waals surface area (Å²) >= 11 is 13.1. The van der Waals surface area contributed by atoms with E-state index in [4.69, 9.17) is 28.5 Å². The smallest absolute Gasteiger partial charge is 0.133 e. The lowest BCUT2D eigenvalue weighted by Gasteiger charge is -2.10. The van der Waals surface area contributed by atoms with Crippen LogP contribution < -0.4 is 0 Å². The van der Waals surface area contributed by atoms with Gasteiger partial charge < -0.3 is 0 Å². The summed E-state index contributed by atoms with van der Waals surface area (Å²) in [6.45, 7) is 2.11. The minimum absolute atomic E-state index is 0.438. The fourth-order valence-corrected chi connectivity index (χ4v) is 2.26. The Morgan fingerprint density at radius 1 is 1.47 bits per heavy atom. The Hall–Kier alpha value is -0.360. The molecule has 0 saturated heterocycles. The van der Waals surface area contributed by atoms with Crippen molar-refractivity contribution in [2.45, 2.75) is 13.3 Å². The molecule has 1 aromatic rings. The lowest BCUT2D eigenvalue weighted by atomic mass is 10.0. The zero-order valence-corrected chi connectivity index (χ0v) is 10.7. The van der Waals surface area contributed by atoms with Crippen molar-refractivity contribution >= 4 is 35.0 Å². The standard InChI is InChI=1S/C11H11Cl2NS/c1-8(6-15-7-14)4-9-2-3-10(12)5-11(9)13/h2-3,5,8H,4,6H2,1H3. The number of thiocyanates is 1. The molecule has 0 aliphatic carbocycles. The highest BCUT2D eigenvalue weighted by atomic mass is 35.5. The normalized spacial score (nSPS) is 12.1. The van der Waals surface area contributed by atoms with E-state index in [1.54, 1.807) is 6.07 Å². The first kappa shape index (κ1) is 12.7. The molecule has 0 bridgehead atoms. The van der Waals surface area contributed by atoms with Gasteiger partial charge in [-0.05, 0) is 41.8 Å². The van der Waals surface area contributed by atoms with Gasteiger partial charge in [0.1, 0.15) is 5.40 Å². The highest BCUT2D eigenvalue weighted by molar-refractivity contribution is 8.03. The summed E-state index contributed by atoms with van der Waals surface area (Å²) in [6, 6.07) is 5.54. The van der Waals surface area contributed by atoms with Crippen LogP contribution in [0.4, 0.5) is 0 Å². The monoisotopic (exact) mass is 259 g/mol. The summed E-state index contributed by atoms with van der Waals surface area (Å²) in [5, 5.41) is 11.9. The average molecular weight is 260 g/mol. The molecular weight excluding hydrogens is 249 g/mol. The van der Waals surface area contributed by atoms with Gasteiger partial charge in [-0.1, -0.05) is 36.2 Å². The van der Waals surface area contributed by atoms with Crippen molar-refractivity contribution in [2.24, 2.45) is 5.92 Å². The third-order valence-corrected chi connectivity index (χ3v) is 3.47. The molecule has 15 heavy (non-hydrogen) atoms. The summed E-state index contributed by atoms with van der Waals surface area (Å²) in [7, 11) is 0. The van der Waals surface area contributed by atoms with E-state index in [1.807, 2.05) is 12.1 Å². The Labute approximate surface area is 104 Å². The zero-order valence-electron chi connectivity index (χ0n) is 8.34. The number of thioether (sulfide) groups is 1. The molecule has 1 aromatic carbocycles. The van der Waals surface area contributed by atoms with Gasteiger partial charge in [-0.2, -0.15) is 5.26 Å². The van der Waals surface area contributed by atoms with Crippen LogP contribution in [0, 0.1) is 16.6 Å². The number of nitrogens with zero attached hydrogens (tertiary/aromatic N) is 1. The largest absolute Gasteiger partial charge is 0.185 e. The predicted octanol–water partition coefficient (Wildman–Crippen LogP) is 4.39. The Balaban J connectivity index is 2.61. The molecule has 1 unspecified atom stereocenters. The first-order valence-corrected chi connectivity index (χ1v) is 6.32. The van der Waals surface area contributed by atoms with Crippen molar-refractivity contribution in [3.63, 3.8) is 0 Å². The van der Waals surface area contributed by atoms with Gasteiger partial charge in [0.15, 0.2) is 0 Å². The van der Waals surface area contributed by atoms with Crippen molar-refractivity contribution in [1.82, 2.24) is 0 Å². The second-order valence-electron chi connectivity index (χ2n) is 3.45. The Kier molecular flexibility index (Phi) is 5.31. The molecule has 80 valence electrons. The number of halogens is 2. The molecular formula is C11H11Cl2NS. The van der Waals surface area contributed by atoms with Gasteiger partial charge in [-0.15, -0.1) is 0 Å². The van der Waals surface area contributed by atoms with E-state index in [-0.39, 0.29) is 0 Å². The Bertz CT molecular complexity index is 373. The quantitative estimate of drug-likeness (QED) is 0.750. The van der Waals surface area contributed by atoms with E-state index in [0.717, 1.165) is 17.7 Å². The molecule has 4 heteroatoms. The van der Waals surface area contributed by atoms with Gasteiger partial charge in [0.25, 0.3) is 0 Å². The lowest BCUT2D eigenvalue weighted by Crippen LogP contribution is -2.02. The molecule has 0 heterocycles. The summed E-state index contributed by atoms with van der Waals surface area (Å²) < 4.78 is 0. The van der Waals surface area contributed by atoms with Crippen LogP contribution in [0.5, 0.6) is 0 Å². The number of rotatable bonds is 4. The Morgan fingerprint density at radius 2 is 2.20 bits per heavy atom. The van der Waals surface area contributed by atoms with Crippen LogP contribution in [-0.4, -0.2) is 5.75 Å². The average Bonchev–Trinajstić information content (AvgIpc) is 2.19. The van der Waals surface area contributed by atoms with Gasteiger partial charge in [-0.3, -0.25) is 0 Å². The van der Waals surface area contributed by atoms with Gasteiger partial charge >= 0.3 is 0 Å². The van der Waals surface area contributed by atoms with Crippen LogP contribution in [0.25, 0.3) is 0 Å². The van der Waals surface area contributed by atoms with E-state index in [9.17, 15) is 0 Å². The van der Waals surface area contributed by atoms with Crippen LogP contribution in [-0.2, 0) is 6.42 Å². The molecule has 1 rings (SSSR count). The lowest BCUT2D eigenvalue weighted by molar-refractivity contribution is 0.660. The van der Waals surface area contributed by atoms with E-state index >= 15 is 0 Å². The molecule has 1 atom stereocenters. The minimum atomic E-state index is 0.438. The van der Waals surface area contributed by atoms with Crippen LogP contribution in [0.2, 0.25) is 10.0 Å². The van der Waals surface area contributed by atoms with E-state index in [1.165, 1.54) is 11.8 Å². The van der Waals surface area contributed by atoms with E-state index in [2.05, 4.69) is 12.3 Å². The number of nitriles is 1. The third kappa shape index (κ3) is 4.34. The number of hydrogen-bond acceptors (Lipinski definition) is 2. The topological polar surface area (TPSA) is 23.8 Å². The van der Waals surface area contributed by atoms with Crippen LogP contribution in [0.3, 0.4) is 0 Å². The SMILES string of the molecule is CC(CSC#N)Cc1ccc(Cl)cc1Cl. The van der Waals surface area contributed by atoms with Gasteiger partial charge in [0.2, 0.25) is 0 Å². The highest BCUT2D eigenvalue weighted by Gasteiger charge is 2.07. The molecule has 0 spiro atoms. The minimum Gasteiger partial charge on any atom is -0.185 e. The number of benzene rings is 1. The zero-order chi connectivity index (χ0) is 11.3. The molecule has 0 aliphatic heterocycles. The van der Waals surface area contributed by atoms with Crippen LogP contribution >= 0.6 is 35.0 Å². The van der Waals surface area contributed by atoms with Crippen molar-refractivity contribution in [3.05, 3.63) is 33.8 Å². The van der Waals surface area contributed by atoms with Crippen molar-refractivity contribution in [2.75, 3.05) is 5.75 Å². The first-order valence-electron chi connectivity index (χ1n) is 4.58. The van der Waals surface area contributed by atoms with Gasteiger partial charge in [-0.25, -0.2) is 0 Å². The van der Waals surface area contributed by atoms with Crippen molar-refractivity contribution < 1.29 is 0 Å². The molecule has 0 saturated carbocycles. The second-order valence-corrected chi connectivity index (χ2v) is 5.10. The second kappa shape index (κ2) is 6.27. The maximum atomic E-state index is 8.44. The summed E-state index contributed by atoms with van der Waals surface area (Å²) in [4.78, 5) is 0. The molecule has 0 aromatic heterocycles. The molecule has 0 N–H and O–H groups in total. The maximum Gasteiger partial charge on any atom is 0.133 e. The maximum absolute atomic E-state index is 8.44. The van der Waals surface area contributed by atoms with E-state index < -0.39 is 0 Å². The molecule has 0 radical (unpaired) electrons. The fourth-order valence-electron chi connectivity index (χ4n) is 1.30. The summed E-state index contributed by atoms with van der Waals surface area (Å²) in [5.74, 6) is 1.27. The summed E-state index contributed by atoms with van der Waals surface area (Å²) in [6.07, 6.45) is 0.880. The van der Waals surface area contributed by atoms with Crippen LogP contribution in [0.15, 0.2) is 18.2 Å². The molecule has 0 aliphatic rings. The van der Waals surface area contributed by atoms with Crippen LogP contribution in [0.1, 0.15) is 12.5 Å². The molecule has 0 amide bonds. The van der Waals surface area contributed by atoms with Gasteiger partial charge in [0.05, 0.1) is 0 Å². The Morgan fingerprint density at radius 3 is 2.80 bits per heavy atom. The molecule has 0 fully saturated rings. The van der Waals surface area contributed by atoms with Gasteiger partial charge in [0, 0.05) is 15.8 Å². The van der Waals surface area contributed by atoms with E-state index in [0.29, 0.717) is 16.0 Å². The predicted molar refractivity (Wildman–Crippen MR) is 67.4 cm³/mol. The fraction of sp³-hybridized carbons (Fsp3) is 0.364. The summed E-state index contributed by atoms with van der Waals surface area (Å²) in [5.41, 5.74) is 1.09. The first-order chi connectivity index (χ1) is 7.13. The third-order valence-electron chi connectivity index (χ3n) is 2.02. The number of hydrogen-bond donors (Lipinski definition) is 0. The van der Waals surface area contributed by atoms with Crippen molar-refractivity contribution in [3.8, 4) is 5.40 Å². The molecule has 1 nitrogen and oxygen atoms in total. The highest BCUT2D eigenvalue weighted by Crippen LogP contribution is 2.24. The van der Waals surface area contributed by atoms with Crippen molar-refractivity contribution in [1.29, 1.82) is 5.26 Å².